The maximum atomic E-state index is 13.2. The third-order valence-electron chi connectivity index (χ3n) is 7.05. The van der Waals surface area contributed by atoms with Gasteiger partial charge in [0, 0.05) is 55.7 Å². The quantitative estimate of drug-likeness (QED) is 0.413. The Labute approximate surface area is 205 Å². The van der Waals surface area contributed by atoms with Crippen LogP contribution in [0.4, 0.5) is 4.39 Å². The van der Waals surface area contributed by atoms with E-state index in [0.29, 0.717) is 12.5 Å². The Hall–Kier alpha value is -3.51. The van der Waals surface area contributed by atoms with Gasteiger partial charge in [0.1, 0.15) is 5.82 Å². The van der Waals surface area contributed by atoms with Crippen LogP contribution in [0.2, 0.25) is 0 Å². The third kappa shape index (κ3) is 5.28. The van der Waals surface area contributed by atoms with Gasteiger partial charge in [-0.3, -0.25) is 9.78 Å². The fraction of sp³-hybridized carbons (Fsp3) is 0.310. The zero-order valence-corrected chi connectivity index (χ0v) is 20.1. The Kier molecular flexibility index (Phi) is 6.91. The Balaban J connectivity index is 1.37. The summed E-state index contributed by atoms with van der Waals surface area (Å²) in [5, 5.41) is 3.93. The van der Waals surface area contributed by atoms with E-state index in [4.69, 9.17) is 0 Å². The first-order valence-corrected chi connectivity index (χ1v) is 12.3. The van der Waals surface area contributed by atoms with Crippen LogP contribution in [-0.2, 0) is 17.6 Å². The fourth-order valence-electron chi connectivity index (χ4n) is 5.13. The van der Waals surface area contributed by atoms with Crippen LogP contribution in [0.3, 0.4) is 0 Å². The SMILES string of the molecule is CNC(=O)Cc1cc2ccc(-c3ccccn3)cc2n1C1CCN(CCc2ccc(F)cc2)CC1. The molecule has 3 heterocycles. The minimum atomic E-state index is -0.188. The highest BCUT2D eigenvalue weighted by atomic mass is 19.1. The third-order valence-corrected chi connectivity index (χ3v) is 7.05. The number of nitrogens with zero attached hydrogens (tertiary/aromatic N) is 3. The predicted octanol–water partition coefficient (Wildman–Crippen LogP) is 5.01. The van der Waals surface area contributed by atoms with Crippen LogP contribution in [0.15, 0.2) is 72.9 Å². The van der Waals surface area contributed by atoms with Gasteiger partial charge in [0.05, 0.1) is 12.1 Å². The lowest BCUT2D eigenvalue weighted by atomic mass is 10.0. The predicted molar refractivity (Wildman–Crippen MR) is 138 cm³/mol. The van der Waals surface area contributed by atoms with Crippen LogP contribution >= 0.6 is 0 Å². The second-order valence-corrected chi connectivity index (χ2v) is 9.29. The average molecular weight is 471 g/mol. The van der Waals surface area contributed by atoms with E-state index in [1.54, 1.807) is 7.05 Å². The number of nitrogens with one attached hydrogen (secondary N) is 1. The Morgan fingerprint density at radius 2 is 1.86 bits per heavy atom. The maximum absolute atomic E-state index is 13.2. The van der Waals surface area contributed by atoms with Gasteiger partial charge in [-0.05, 0) is 66.6 Å². The number of likely N-dealkylation sites (tertiary alicyclic amines) is 1. The zero-order valence-electron chi connectivity index (χ0n) is 20.1. The number of amides is 1. The first-order valence-electron chi connectivity index (χ1n) is 12.3. The van der Waals surface area contributed by atoms with Crippen molar-refractivity contribution in [1.82, 2.24) is 19.8 Å². The molecule has 35 heavy (non-hydrogen) atoms. The lowest BCUT2D eigenvalue weighted by molar-refractivity contribution is -0.120. The second kappa shape index (κ2) is 10.4. The van der Waals surface area contributed by atoms with Crippen molar-refractivity contribution in [2.45, 2.75) is 31.7 Å². The first kappa shape index (κ1) is 23.2. The van der Waals surface area contributed by atoms with Crippen LogP contribution in [0, 0.1) is 5.82 Å². The van der Waals surface area contributed by atoms with Gasteiger partial charge in [0.25, 0.3) is 0 Å². The minimum absolute atomic E-state index is 0.0238. The molecule has 1 aliphatic heterocycles. The Bertz CT molecular complexity index is 1290. The molecule has 1 amide bonds. The summed E-state index contributed by atoms with van der Waals surface area (Å²) in [5.41, 5.74) is 5.42. The molecule has 6 heteroatoms. The van der Waals surface area contributed by atoms with E-state index in [1.165, 1.54) is 17.7 Å². The summed E-state index contributed by atoms with van der Waals surface area (Å²) in [5.74, 6) is -0.164. The molecular weight excluding hydrogens is 439 g/mol. The summed E-state index contributed by atoms with van der Waals surface area (Å²) >= 11 is 0. The van der Waals surface area contributed by atoms with Crippen molar-refractivity contribution >= 4 is 16.8 Å². The molecule has 0 unspecified atom stereocenters. The number of hydrogen-bond acceptors (Lipinski definition) is 3. The van der Waals surface area contributed by atoms with E-state index in [1.807, 2.05) is 36.5 Å². The highest BCUT2D eigenvalue weighted by Crippen LogP contribution is 2.33. The molecule has 1 saturated heterocycles. The standard InChI is InChI=1S/C29H31FN4O/c1-31-29(35)20-26-18-23-8-7-22(27-4-2-3-14-32-27)19-28(23)34(26)25-12-16-33(17-13-25)15-11-21-5-9-24(30)10-6-21/h2-10,14,18-19,25H,11-13,15-17,20H2,1H3,(H,31,35). The molecule has 180 valence electrons. The lowest BCUT2D eigenvalue weighted by Gasteiger charge is -2.34. The largest absolute Gasteiger partial charge is 0.359 e. The van der Waals surface area contributed by atoms with Crippen molar-refractivity contribution in [3.63, 3.8) is 0 Å². The highest BCUT2D eigenvalue weighted by Gasteiger charge is 2.24. The number of likely N-dealkylation sites (N-methyl/N-ethyl adjacent to an activating group) is 1. The number of benzene rings is 2. The van der Waals surface area contributed by atoms with Crippen molar-refractivity contribution in [1.29, 1.82) is 0 Å². The molecule has 5 nitrogen and oxygen atoms in total. The van der Waals surface area contributed by atoms with Crippen molar-refractivity contribution < 1.29 is 9.18 Å². The summed E-state index contributed by atoms with van der Waals surface area (Å²) in [7, 11) is 1.69. The minimum Gasteiger partial charge on any atom is -0.359 e. The van der Waals surface area contributed by atoms with Crippen LogP contribution in [0.5, 0.6) is 0 Å². The van der Waals surface area contributed by atoms with Gasteiger partial charge in [0.15, 0.2) is 0 Å². The van der Waals surface area contributed by atoms with Gasteiger partial charge in [-0.1, -0.05) is 30.3 Å². The number of halogens is 1. The molecule has 0 aliphatic carbocycles. The average Bonchev–Trinajstić information content (AvgIpc) is 3.26. The van der Waals surface area contributed by atoms with Gasteiger partial charge >= 0.3 is 0 Å². The summed E-state index contributed by atoms with van der Waals surface area (Å²) < 4.78 is 15.6. The molecule has 0 atom stereocenters. The van der Waals surface area contributed by atoms with E-state index in [9.17, 15) is 9.18 Å². The monoisotopic (exact) mass is 470 g/mol. The van der Waals surface area contributed by atoms with Crippen LogP contribution in [-0.4, -0.2) is 47.0 Å². The molecule has 0 bridgehead atoms. The van der Waals surface area contributed by atoms with E-state index < -0.39 is 0 Å². The molecule has 2 aromatic heterocycles. The number of carbonyl (C=O) groups excluding carboxylic acids is 1. The number of carbonyl (C=O) groups is 1. The number of rotatable bonds is 7. The van der Waals surface area contributed by atoms with E-state index in [2.05, 4.69) is 44.0 Å². The van der Waals surface area contributed by atoms with Gasteiger partial charge in [-0.2, -0.15) is 0 Å². The molecule has 5 rings (SSSR count). The number of hydrogen-bond donors (Lipinski definition) is 1. The van der Waals surface area contributed by atoms with Gasteiger partial charge in [0.2, 0.25) is 5.91 Å². The Morgan fingerprint density at radius 1 is 1.06 bits per heavy atom. The molecule has 1 N–H and O–H groups in total. The zero-order chi connectivity index (χ0) is 24.2. The van der Waals surface area contributed by atoms with Crippen LogP contribution < -0.4 is 5.32 Å². The summed E-state index contributed by atoms with van der Waals surface area (Å²) in [6.07, 6.45) is 5.17. The summed E-state index contributed by atoms with van der Waals surface area (Å²) in [6, 6.07) is 21.7. The lowest BCUT2D eigenvalue weighted by Crippen LogP contribution is -2.36. The number of fused-ring (bicyclic) bond motifs is 1. The molecular formula is C29H31FN4O. The first-order chi connectivity index (χ1) is 17.1. The van der Waals surface area contributed by atoms with Crippen molar-refractivity contribution in [2.75, 3.05) is 26.7 Å². The number of pyridine rings is 1. The smallest absolute Gasteiger partial charge is 0.225 e. The van der Waals surface area contributed by atoms with E-state index >= 15 is 0 Å². The Morgan fingerprint density at radius 3 is 2.57 bits per heavy atom. The van der Waals surface area contributed by atoms with Gasteiger partial charge in [-0.25, -0.2) is 4.39 Å². The molecule has 1 fully saturated rings. The number of aromatic nitrogens is 2. The summed E-state index contributed by atoms with van der Waals surface area (Å²) in [6.45, 7) is 2.98. The molecule has 0 spiro atoms. The van der Waals surface area contributed by atoms with Crippen LogP contribution in [0.1, 0.15) is 30.1 Å². The molecule has 1 aliphatic rings. The van der Waals surface area contributed by atoms with Crippen molar-refractivity contribution in [3.8, 4) is 11.3 Å². The van der Waals surface area contributed by atoms with Gasteiger partial charge < -0.3 is 14.8 Å². The van der Waals surface area contributed by atoms with Crippen molar-refractivity contribution in [3.05, 3.63) is 90.0 Å². The van der Waals surface area contributed by atoms with E-state index in [0.717, 1.165) is 66.8 Å². The number of piperidine rings is 1. The maximum Gasteiger partial charge on any atom is 0.225 e. The molecule has 2 aromatic carbocycles. The van der Waals surface area contributed by atoms with Gasteiger partial charge in [-0.15, -0.1) is 0 Å². The topological polar surface area (TPSA) is 50.2 Å². The highest BCUT2D eigenvalue weighted by molar-refractivity contribution is 5.88. The normalized spacial score (nSPS) is 14.9. The van der Waals surface area contributed by atoms with E-state index in [-0.39, 0.29) is 11.7 Å². The summed E-state index contributed by atoms with van der Waals surface area (Å²) in [4.78, 5) is 19.3. The molecule has 0 saturated carbocycles. The van der Waals surface area contributed by atoms with Crippen molar-refractivity contribution in [2.24, 2.45) is 0 Å². The molecule has 4 aromatic rings. The second-order valence-electron chi connectivity index (χ2n) is 9.29. The molecule has 0 radical (unpaired) electrons. The van der Waals surface area contributed by atoms with Crippen LogP contribution in [0.25, 0.3) is 22.2 Å². The fourth-order valence-corrected chi connectivity index (χ4v) is 5.13.